The van der Waals surface area contributed by atoms with E-state index in [1.165, 1.54) is 6.07 Å². The van der Waals surface area contributed by atoms with Crippen LogP contribution in [-0.4, -0.2) is 40.0 Å². The van der Waals surface area contributed by atoms with E-state index in [4.69, 9.17) is 23.2 Å². The van der Waals surface area contributed by atoms with Crippen molar-refractivity contribution in [1.82, 2.24) is 5.32 Å². The van der Waals surface area contributed by atoms with Gasteiger partial charge in [-0.2, -0.15) is 39.5 Å². The summed E-state index contributed by atoms with van der Waals surface area (Å²) in [6.07, 6.45) is -13.3. The Morgan fingerprint density at radius 1 is 0.974 bits per heavy atom. The van der Waals surface area contributed by atoms with E-state index in [2.05, 4.69) is 5.32 Å². The van der Waals surface area contributed by atoms with Gasteiger partial charge >= 0.3 is 18.5 Å². The molecule has 0 heterocycles. The number of benzene rings is 2. The molecule has 0 saturated carbocycles. The SMILES string of the molecule is C[C@H](CS(=O)CC(F)(F)F)NC(=O)c1ccc(/C=C/C(c2cc(Cl)cc(Cl)c2)C(F)(F)F)cc1C(F)(F)F. The van der Waals surface area contributed by atoms with Gasteiger partial charge < -0.3 is 5.32 Å². The van der Waals surface area contributed by atoms with Crippen LogP contribution in [0.1, 0.15) is 39.9 Å². The zero-order valence-corrected chi connectivity index (χ0v) is 21.4. The Balaban J connectivity index is 2.34. The molecule has 0 radical (unpaired) electrons. The molecule has 0 aliphatic carbocycles. The summed E-state index contributed by atoms with van der Waals surface area (Å²) < 4.78 is 131. The van der Waals surface area contributed by atoms with Crippen LogP contribution in [0.2, 0.25) is 10.0 Å². The molecule has 2 aromatic carbocycles. The van der Waals surface area contributed by atoms with E-state index in [9.17, 15) is 48.5 Å². The third-order valence-corrected chi connectivity index (χ3v) is 6.77. The molecule has 15 heteroatoms. The fourth-order valence-corrected chi connectivity index (χ4v) is 5.00. The Bertz CT molecular complexity index is 1190. The summed E-state index contributed by atoms with van der Waals surface area (Å²) in [5.41, 5.74) is -3.09. The van der Waals surface area contributed by atoms with Crippen LogP contribution in [0.4, 0.5) is 39.5 Å². The summed E-state index contributed by atoms with van der Waals surface area (Å²) in [6.45, 7) is 1.16. The maximum absolute atomic E-state index is 13.7. The second-order valence-corrected chi connectivity index (χ2v) is 10.5. The molecule has 0 aliphatic rings. The van der Waals surface area contributed by atoms with Crippen LogP contribution in [-0.2, 0) is 17.0 Å². The predicted octanol–water partition coefficient (Wildman–Crippen LogP) is 7.80. The van der Waals surface area contributed by atoms with E-state index >= 15 is 0 Å². The molecule has 1 amide bonds. The summed E-state index contributed by atoms with van der Waals surface area (Å²) in [6, 6.07) is 4.18. The number of rotatable bonds is 8. The number of allylic oxidation sites excluding steroid dienone is 1. The van der Waals surface area contributed by atoms with Gasteiger partial charge in [0.05, 0.1) is 17.0 Å². The number of alkyl halides is 9. The molecule has 2 rings (SSSR count). The van der Waals surface area contributed by atoms with E-state index in [1.807, 2.05) is 0 Å². The first-order valence-corrected chi connectivity index (χ1v) is 12.7. The van der Waals surface area contributed by atoms with Crippen molar-refractivity contribution in [3.8, 4) is 0 Å². The smallest absolute Gasteiger partial charge is 0.349 e. The average Bonchev–Trinajstić information content (AvgIpc) is 2.69. The van der Waals surface area contributed by atoms with Gasteiger partial charge in [0.2, 0.25) is 0 Å². The van der Waals surface area contributed by atoms with Crippen LogP contribution in [0.3, 0.4) is 0 Å². The molecule has 3 atom stereocenters. The summed E-state index contributed by atoms with van der Waals surface area (Å²) in [4.78, 5) is 12.4. The molecule has 2 aromatic rings. The van der Waals surface area contributed by atoms with Gasteiger partial charge in [-0.3, -0.25) is 9.00 Å². The van der Waals surface area contributed by atoms with Gasteiger partial charge in [0.25, 0.3) is 5.91 Å². The average molecular weight is 614 g/mol. The van der Waals surface area contributed by atoms with E-state index in [0.717, 1.165) is 37.3 Å². The van der Waals surface area contributed by atoms with E-state index < -0.39 is 69.8 Å². The number of halogens is 11. The molecule has 1 N–H and O–H groups in total. The number of carbonyl (C=O) groups is 1. The minimum Gasteiger partial charge on any atom is -0.349 e. The number of hydrogen-bond donors (Lipinski definition) is 1. The summed E-state index contributed by atoms with van der Waals surface area (Å²) in [7, 11) is -2.43. The molecule has 0 saturated heterocycles. The Labute approximate surface area is 223 Å². The van der Waals surface area contributed by atoms with Gasteiger partial charge in [-0.25, -0.2) is 0 Å². The van der Waals surface area contributed by atoms with Crippen LogP contribution in [0.5, 0.6) is 0 Å². The highest BCUT2D eigenvalue weighted by atomic mass is 35.5. The normalized spacial score (nSPS) is 15.4. The number of hydrogen-bond acceptors (Lipinski definition) is 2. The van der Waals surface area contributed by atoms with Crippen molar-refractivity contribution in [1.29, 1.82) is 0 Å². The lowest BCUT2D eigenvalue weighted by molar-refractivity contribution is -0.139. The summed E-state index contributed by atoms with van der Waals surface area (Å²) in [5, 5.41) is 1.89. The molecular formula is C23H18Cl2F9NO2S. The lowest BCUT2D eigenvalue weighted by Gasteiger charge is -2.19. The Morgan fingerprint density at radius 2 is 1.55 bits per heavy atom. The third-order valence-electron chi connectivity index (χ3n) is 4.81. The minimum absolute atomic E-state index is 0.0821. The van der Waals surface area contributed by atoms with Gasteiger partial charge in [-0.1, -0.05) is 41.4 Å². The van der Waals surface area contributed by atoms with E-state index in [1.54, 1.807) is 0 Å². The van der Waals surface area contributed by atoms with Gasteiger partial charge in [-0.15, -0.1) is 0 Å². The largest absolute Gasteiger partial charge is 0.417 e. The minimum atomic E-state index is -5.11. The zero-order valence-electron chi connectivity index (χ0n) is 19.1. The fourth-order valence-electron chi connectivity index (χ4n) is 3.33. The first-order valence-electron chi connectivity index (χ1n) is 10.4. The Hall–Kier alpha value is -2.25. The van der Waals surface area contributed by atoms with Crippen molar-refractivity contribution in [2.75, 3.05) is 11.5 Å². The number of carbonyl (C=O) groups excluding carboxylic acids is 1. The van der Waals surface area contributed by atoms with Crippen molar-refractivity contribution >= 4 is 46.0 Å². The summed E-state index contributed by atoms with van der Waals surface area (Å²) in [5.74, 6) is -5.90. The van der Waals surface area contributed by atoms with Gasteiger partial charge in [-0.05, 0) is 48.4 Å². The van der Waals surface area contributed by atoms with Gasteiger partial charge in [0, 0.05) is 32.6 Å². The van der Waals surface area contributed by atoms with E-state index in [-0.39, 0.29) is 21.2 Å². The van der Waals surface area contributed by atoms with Crippen LogP contribution in [0, 0.1) is 0 Å². The molecule has 0 aromatic heterocycles. The molecule has 3 nitrogen and oxygen atoms in total. The first-order chi connectivity index (χ1) is 17.3. The van der Waals surface area contributed by atoms with Crippen molar-refractivity contribution in [2.24, 2.45) is 0 Å². The highest BCUT2D eigenvalue weighted by Crippen LogP contribution is 2.39. The van der Waals surface area contributed by atoms with Crippen molar-refractivity contribution in [3.63, 3.8) is 0 Å². The van der Waals surface area contributed by atoms with Gasteiger partial charge in [0.15, 0.2) is 0 Å². The van der Waals surface area contributed by atoms with Crippen LogP contribution in [0.15, 0.2) is 42.5 Å². The lowest BCUT2D eigenvalue weighted by Crippen LogP contribution is -2.38. The maximum atomic E-state index is 13.7. The highest BCUT2D eigenvalue weighted by molar-refractivity contribution is 7.85. The van der Waals surface area contributed by atoms with Crippen LogP contribution < -0.4 is 5.32 Å². The highest BCUT2D eigenvalue weighted by Gasteiger charge is 2.40. The monoisotopic (exact) mass is 613 g/mol. The lowest BCUT2D eigenvalue weighted by atomic mass is 9.96. The molecule has 210 valence electrons. The maximum Gasteiger partial charge on any atom is 0.417 e. The predicted molar refractivity (Wildman–Crippen MR) is 127 cm³/mol. The topological polar surface area (TPSA) is 46.2 Å². The van der Waals surface area contributed by atoms with Crippen LogP contribution in [0.25, 0.3) is 6.08 Å². The van der Waals surface area contributed by atoms with Crippen molar-refractivity contribution < 1.29 is 48.5 Å². The Kier molecular flexibility index (Phi) is 10.3. The Morgan fingerprint density at radius 3 is 2.05 bits per heavy atom. The van der Waals surface area contributed by atoms with Crippen molar-refractivity contribution in [3.05, 3.63) is 74.8 Å². The quantitative estimate of drug-likeness (QED) is 0.309. The van der Waals surface area contributed by atoms with Gasteiger partial charge in [0.1, 0.15) is 5.75 Å². The van der Waals surface area contributed by atoms with Crippen LogP contribution >= 0.6 is 23.2 Å². The standard InChI is InChI=1S/C23H18Cl2F9NO2S/c1-12(10-38(37)11-21(26,27)28)35-20(36)17-4-2-13(6-19(17)23(32,33)34)3-5-18(22(29,30)31)14-7-15(24)9-16(25)8-14/h2-9,12,18H,10-11H2,1H3,(H,35,36)/b5-3+/t12-,18?,38?/m1/s1. The van der Waals surface area contributed by atoms with Crippen molar-refractivity contribution in [2.45, 2.75) is 37.4 Å². The third kappa shape index (κ3) is 9.81. The second kappa shape index (κ2) is 12.3. The summed E-state index contributed by atoms with van der Waals surface area (Å²) >= 11 is 11.5. The molecule has 38 heavy (non-hydrogen) atoms. The second-order valence-electron chi connectivity index (χ2n) is 8.12. The molecule has 0 aliphatic heterocycles. The molecule has 0 spiro atoms. The molecule has 0 bridgehead atoms. The number of nitrogens with one attached hydrogen (secondary N) is 1. The number of amides is 1. The molecule has 0 fully saturated rings. The fraction of sp³-hybridized carbons (Fsp3) is 0.348. The molecular weight excluding hydrogens is 596 g/mol. The van der Waals surface area contributed by atoms with E-state index in [0.29, 0.717) is 12.1 Å². The zero-order chi connectivity index (χ0) is 29.1. The molecule has 2 unspecified atom stereocenters. The first kappa shape index (κ1) is 32.0.